The van der Waals surface area contributed by atoms with Crippen molar-refractivity contribution in [3.05, 3.63) is 86.5 Å². The number of carbonyl (C=O) groups is 6. The number of ether oxygens (including phenoxy) is 3. The summed E-state index contributed by atoms with van der Waals surface area (Å²) < 4.78 is 15.7. The van der Waals surface area contributed by atoms with E-state index in [0.717, 1.165) is 4.88 Å². The molecule has 4 heterocycles. The second-order valence-electron chi connectivity index (χ2n) is 13.4. The van der Waals surface area contributed by atoms with Gasteiger partial charge < -0.3 is 24.8 Å². The minimum absolute atomic E-state index is 0. The molecule has 0 bridgehead atoms. The van der Waals surface area contributed by atoms with Crippen LogP contribution in [0.25, 0.3) is 0 Å². The van der Waals surface area contributed by atoms with Crippen molar-refractivity contribution < 1.29 is 83.1 Å². The molecular formula is C36H38BrNaO11S4. The molecule has 53 heavy (non-hydrogen) atoms. The number of esters is 2. The predicted molar refractivity (Wildman–Crippen MR) is 203 cm³/mol. The van der Waals surface area contributed by atoms with E-state index in [1.807, 2.05) is 20.8 Å². The number of halogens is 1. The maximum Gasteiger partial charge on any atom is 1.00 e. The molecule has 280 valence electrons. The zero-order valence-electron chi connectivity index (χ0n) is 30.6. The van der Waals surface area contributed by atoms with Crippen molar-refractivity contribution in [1.29, 1.82) is 0 Å². The zero-order valence-corrected chi connectivity index (χ0v) is 37.5. The van der Waals surface area contributed by atoms with E-state index in [4.69, 9.17) is 14.2 Å². The Hall–Kier alpha value is -2.22. The summed E-state index contributed by atoms with van der Waals surface area (Å²) in [5.74, 6) is -1.12. The average molecular weight is 878 g/mol. The Morgan fingerprint density at radius 1 is 0.698 bits per heavy atom. The summed E-state index contributed by atoms with van der Waals surface area (Å²) in [5.41, 5.74) is 0.884. The van der Waals surface area contributed by atoms with Crippen LogP contribution in [0.4, 0.5) is 0 Å². The summed E-state index contributed by atoms with van der Waals surface area (Å²) in [6.07, 6.45) is -1.06. The predicted octanol–water partition coefficient (Wildman–Crippen LogP) is 5.19. The van der Waals surface area contributed by atoms with Crippen LogP contribution < -0.4 is 29.6 Å². The molecule has 0 spiro atoms. The third-order valence-corrected chi connectivity index (χ3v) is 11.7. The second kappa shape index (κ2) is 19.1. The number of ketones is 4. The molecule has 0 fully saturated rings. The van der Waals surface area contributed by atoms with Gasteiger partial charge in [0.05, 0.1) is 31.7 Å². The van der Waals surface area contributed by atoms with Crippen molar-refractivity contribution in [2.45, 2.75) is 78.8 Å². The zero-order chi connectivity index (χ0) is 38.0. The molecule has 2 atom stereocenters. The van der Waals surface area contributed by atoms with E-state index in [0.29, 0.717) is 46.6 Å². The van der Waals surface area contributed by atoms with Crippen molar-refractivity contribution in [3.8, 4) is 0 Å². The van der Waals surface area contributed by atoms with Gasteiger partial charge in [-0.3, -0.25) is 24.0 Å². The SMILES string of the molecule is CC(C)(C)OC(=O)CBr.CC(O)c1cc2c(s1)C(=O)c1sccc1C2=O.CC(OCC(=O)OC(C)(C)C)c1cc2c(s1)C(=O)c1sccc1C2=O.[Na+].[OH-]. The molecule has 2 N–H and O–H groups in total. The van der Waals surface area contributed by atoms with Gasteiger partial charge in [0.25, 0.3) is 0 Å². The van der Waals surface area contributed by atoms with Gasteiger partial charge in [-0.05, 0) is 90.4 Å². The van der Waals surface area contributed by atoms with E-state index >= 15 is 0 Å². The van der Waals surface area contributed by atoms with Gasteiger partial charge in [-0.15, -0.1) is 45.3 Å². The van der Waals surface area contributed by atoms with Gasteiger partial charge >= 0.3 is 41.5 Å². The number of hydrogen-bond acceptors (Lipinski definition) is 15. The van der Waals surface area contributed by atoms with Crippen LogP contribution >= 0.6 is 61.3 Å². The fourth-order valence-corrected chi connectivity index (χ4v) is 8.80. The van der Waals surface area contributed by atoms with Crippen molar-refractivity contribution in [1.82, 2.24) is 0 Å². The number of aliphatic hydroxyl groups excluding tert-OH is 1. The number of carbonyl (C=O) groups excluding carboxylic acids is 6. The quantitative estimate of drug-likeness (QED) is 0.132. The van der Waals surface area contributed by atoms with E-state index in [1.54, 1.807) is 69.6 Å². The van der Waals surface area contributed by atoms with Crippen LogP contribution in [-0.2, 0) is 23.8 Å². The molecule has 0 saturated heterocycles. The van der Waals surface area contributed by atoms with E-state index in [9.17, 15) is 33.9 Å². The normalized spacial score (nSPS) is 13.9. The van der Waals surface area contributed by atoms with Gasteiger partial charge in [0.15, 0.2) is 11.6 Å². The monoisotopic (exact) mass is 876 g/mol. The van der Waals surface area contributed by atoms with Crippen molar-refractivity contribution in [3.63, 3.8) is 0 Å². The van der Waals surface area contributed by atoms with Gasteiger partial charge in [-0.2, -0.15) is 0 Å². The first-order valence-corrected chi connectivity index (χ1v) is 20.1. The van der Waals surface area contributed by atoms with Crippen LogP contribution in [0.1, 0.15) is 138 Å². The summed E-state index contributed by atoms with van der Waals surface area (Å²) in [6, 6.07) is 6.69. The first kappa shape index (κ1) is 46.9. The summed E-state index contributed by atoms with van der Waals surface area (Å²) >= 11 is 8.02. The fraction of sp³-hybridized carbons (Fsp3) is 0.389. The van der Waals surface area contributed by atoms with Gasteiger partial charge in [0.1, 0.15) is 23.1 Å². The molecule has 0 radical (unpaired) electrons. The number of alkyl halides is 1. The Balaban J connectivity index is 0.000000301. The van der Waals surface area contributed by atoms with Crippen LogP contribution in [0.5, 0.6) is 0 Å². The molecule has 0 aromatic carbocycles. The molecule has 0 amide bonds. The van der Waals surface area contributed by atoms with E-state index in [2.05, 4.69) is 15.9 Å². The minimum Gasteiger partial charge on any atom is -0.870 e. The summed E-state index contributed by atoms with van der Waals surface area (Å²) in [5, 5.41) is 13.3. The topological polar surface area (TPSA) is 180 Å². The van der Waals surface area contributed by atoms with Gasteiger partial charge in [-0.1, -0.05) is 15.9 Å². The van der Waals surface area contributed by atoms with Crippen LogP contribution in [0.2, 0.25) is 0 Å². The number of fused-ring (bicyclic) bond motifs is 4. The summed E-state index contributed by atoms with van der Waals surface area (Å²) in [4.78, 5) is 74.9. The number of aliphatic hydroxyl groups is 1. The van der Waals surface area contributed by atoms with Crippen LogP contribution in [0.15, 0.2) is 35.0 Å². The molecule has 6 rings (SSSR count). The third-order valence-electron chi connectivity index (χ3n) is 6.85. The number of rotatable bonds is 6. The third kappa shape index (κ3) is 11.6. The van der Waals surface area contributed by atoms with Crippen molar-refractivity contribution in [2.24, 2.45) is 0 Å². The van der Waals surface area contributed by atoms with Gasteiger partial charge in [0.2, 0.25) is 11.6 Å². The Morgan fingerprint density at radius 3 is 1.51 bits per heavy atom. The van der Waals surface area contributed by atoms with E-state index < -0.39 is 23.8 Å². The smallest absolute Gasteiger partial charge is 0.870 e. The van der Waals surface area contributed by atoms with E-state index in [1.165, 1.54) is 45.3 Å². The average Bonchev–Trinajstić information content (AvgIpc) is 3.85. The largest absolute Gasteiger partial charge is 1.00 e. The standard InChI is InChI=1S/C18H18O5S2.C12H8O3S2.C6H11BrO2.Na.H2O/c1-9(22-8-13(19)23-18(2,3)4)12-7-11-14(20)10-5-6-24-16(10)15(21)17(11)25-12;1-5(13)8-4-7-9(14)6-2-3-16-11(6)10(15)12(7)17-8;1-6(2,3)9-5(8)4-7;;/h5-7,9H,8H2,1-4H3;2-5,13H,1H3;4H2,1-3H3;;1H2/q;;;+1;/p-1. The molecule has 2 aliphatic carbocycles. The summed E-state index contributed by atoms with van der Waals surface area (Å²) in [7, 11) is 0. The molecule has 2 unspecified atom stereocenters. The first-order valence-electron chi connectivity index (χ1n) is 15.6. The van der Waals surface area contributed by atoms with Crippen LogP contribution in [0.3, 0.4) is 0 Å². The van der Waals surface area contributed by atoms with Crippen molar-refractivity contribution in [2.75, 3.05) is 11.9 Å². The summed E-state index contributed by atoms with van der Waals surface area (Å²) in [6.45, 7) is 14.1. The van der Waals surface area contributed by atoms with Crippen LogP contribution in [-0.4, -0.2) is 68.8 Å². The molecule has 0 saturated carbocycles. The molecule has 11 nitrogen and oxygen atoms in total. The Bertz CT molecular complexity index is 1890. The van der Waals surface area contributed by atoms with E-state index in [-0.39, 0.29) is 81.7 Å². The van der Waals surface area contributed by atoms with Gasteiger partial charge in [-0.25, -0.2) is 4.79 Å². The number of hydrogen-bond donors (Lipinski definition) is 1. The van der Waals surface area contributed by atoms with Crippen molar-refractivity contribution >= 4 is 96.3 Å². The second-order valence-corrected chi connectivity index (χ2v) is 17.9. The first-order chi connectivity index (χ1) is 23.7. The minimum atomic E-state index is -0.649. The molecule has 4 aromatic rings. The maximum atomic E-state index is 12.5. The molecule has 0 aliphatic heterocycles. The molecule has 17 heteroatoms. The Kier molecular flexibility index (Phi) is 16.9. The Labute approximate surface area is 353 Å². The maximum absolute atomic E-state index is 12.5. The molecule has 2 aliphatic rings. The fourth-order valence-electron chi connectivity index (χ4n) is 4.74. The molecular weight excluding hydrogens is 840 g/mol. The van der Waals surface area contributed by atoms with Gasteiger partial charge in [0, 0.05) is 32.0 Å². The molecule has 4 aromatic heterocycles. The number of thiophene rings is 4. The van der Waals surface area contributed by atoms with Crippen LogP contribution in [0, 0.1) is 0 Å². The Morgan fingerprint density at radius 2 is 1.11 bits per heavy atom.